The summed E-state index contributed by atoms with van der Waals surface area (Å²) in [6.07, 6.45) is 1.10. The summed E-state index contributed by atoms with van der Waals surface area (Å²) in [5.74, 6) is 0. The highest BCUT2D eigenvalue weighted by molar-refractivity contribution is 9.10. The van der Waals surface area contributed by atoms with Crippen molar-refractivity contribution in [2.24, 2.45) is 5.73 Å². The highest BCUT2D eigenvalue weighted by atomic mass is 79.9. The third-order valence-electron chi connectivity index (χ3n) is 2.67. The Balaban J connectivity index is 2.24. The largest absolute Gasteiger partial charge is 0.369 e. The summed E-state index contributed by atoms with van der Waals surface area (Å²) < 4.78 is 1.17. The number of nitrogens with zero attached hydrogens (tertiary/aromatic N) is 1. The van der Waals surface area contributed by atoms with E-state index in [1.807, 2.05) is 0 Å². The molecule has 0 saturated carbocycles. The van der Waals surface area contributed by atoms with E-state index in [4.69, 9.17) is 5.73 Å². The van der Waals surface area contributed by atoms with Gasteiger partial charge in [0.1, 0.15) is 0 Å². The maximum absolute atomic E-state index is 5.89. The van der Waals surface area contributed by atoms with Crippen LogP contribution in [0.15, 0.2) is 22.7 Å². The molecular formula is C11H15BrN2. The molecule has 1 heterocycles. The van der Waals surface area contributed by atoms with E-state index in [0.29, 0.717) is 6.04 Å². The van der Waals surface area contributed by atoms with E-state index in [1.54, 1.807) is 0 Å². The highest BCUT2D eigenvalue weighted by Gasteiger charge is 2.20. The Morgan fingerprint density at radius 3 is 2.86 bits per heavy atom. The van der Waals surface area contributed by atoms with Gasteiger partial charge in [0.25, 0.3) is 0 Å². The molecule has 2 N–H and O–H groups in total. The molecule has 1 aliphatic heterocycles. The van der Waals surface area contributed by atoms with Crippen molar-refractivity contribution in [2.45, 2.75) is 19.4 Å². The zero-order valence-corrected chi connectivity index (χ0v) is 9.92. The molecular weight excluding hydrogens is 240 g/mol. The van der Waals surface area contributed by atoms with Crippen LogP contribution in [0.4, 0.5) is 5.69 Å². The Bertz CT molecular complexity index is 338. The van der Waals surface area contributed by atoms with E-state index in [0.717, 1.165) is 19.5 Å². The van der Waals surface area contributed by atoms with E-state index < -0.39 is 0 Å². The van der Waals surface area contributed by atoms with Gasteiger partial charge in [-0.3, -0.25) is 0 Å². The molecule has 1 fully saturated rings. The molecule has 1 aliphatic rings. The fraction of sp³-hybridized carbons (Fsp3) is 0.455. The first-order chi connectivity index (χ1) is 6.66. The second kappa shape index (κ2) is 3.91. The predicted octanol–water partition coefficient (Wildman–Crippen LogP) is 2.29. The van der Waals surface area contributed by atoms with Gasteiger partial charge in [-0.25, -0.2) is 0 Å². The van der Waals surface area contributed by atoms with E-state index in [9.17, 15) is 0 Å². The fourth-order valence-corrected chi connectivity index (χ4v) is 2.62. The summed E-state index contributed by atoms with van der Waals surface area (Å²) in [6.45, 7) is 4.15. The Hall–Kier alpha value is -0.540. The molecule has 2 rings (SSSR count). The number of aryl methyl sites for hydroxylation is 1. The summed E-state index contributed by atoms with van der Waals surface area (Å²) in [5, 5.41) is 0. The lowest BCUT2D eigenvalue weighted by molar-refractivity contribution is 0.752. The second-order valence-electron chi connectivity index (χ2n) is 3.95. The lowest BCUT2D eigenvalue weighted by atomic mass is 10.2. The van der Waals surface area contributed by atoms with Crippen LogP contribution >= 0.6 is 15.9 Å². The van der Waals surface area contributed by atoms with Gasteiger partial charge in [-0.05, 0) is 47.0 Å². The first kappa shape index (κ1) is 9.99. The van der Waals surface area contributed by atoms with Crippen molar-refractivity contribution in [1.29, 1.82) is 0 Å². The average Bonchev–Trinajstić information content (AvgIpc) is 2.51. The van der Waals surface area contributed by atoms with Gasteiger partial charge in [-0.1, -0.05) is 6.07 Å². The van der Waals surface area contributed by atoms with Crippen molar-refractivity contribution in [2.75, 3.05) is 18.0 Å². The van der Waals surface area contributed by atoms with Crippen molar-refractivity contribution < 1.29 is 0 Å². The third-order valence-corrected chi connectivity index (χ3v) is 3.30. The normalized spacial score (nSPS) is 21.6. The van der Waals surface area contributed by atoms with E-state index in [1.165, 1.54) is 15.7 Å². The minimum atomic E-state index is 0.336. The van der Waals surface area contributed by atoms with Gasteiger partial charge < -0.3 is 10.6 Å². The number of halogens is 1. The smallest absolute Gasteiger partial charge is 0.0511 e. The maximum atomic E-state index is 5.89. The fourth-order valence-electron chi connectivity index (χ4n) is 1.87. The van der Waals surface area contributed by atoms with Gasteiger partial charge in [0.05, 0.1) is 5.69 Å². The van der Waals surface area contributed by atoms with Gasteiger partial charge in [0.15, 0.2) is 0 Å². The molecule has 0 bridgehead atoms. The number of anilines is 1. The van der Waals surface area contributed by atoms with Gasteiger partial charge in [0.2, 0.25) is 0 Å². The van der Waals surface area contributed by atoms with Crippen LogP contribution in [0.3, 0.4) is 0 Å². The summed E-state index contributed by atoms with van der Waals surface area (Å²) >= 11 is 3.59. The summed E-state index contributed by atoms with van der Waals surface area (Å²) in [6, 6.07) is 6.80. The molecule has 1 saturated heterocycles. The van der Waals surface area contributed by atoms with Crippen LogP contribution in [0.1, 0.15) is 12.0 Å². The molecule has 0 spiro atoms. The Labute approximate surface area is 93.2 Å². The molecule has 3 heteroatoms. The minimum Gasteiger partial charge on any atom is -0.369 e. The van der Waals surface area contributed by atoms with Crippen molar-refractivity contribution in [3.63, 3.8) is 0 Å². The minimum absolute atomic E-state index is 0.336. The molecule has 1 aromatic carbocycles. The SMILES string of the molecule is Cc1ccc(N2CCC(N)C2)c(Br)c1. The van der Waals surface area contributed by atoms with Crippen LogP contribution in [0.5, 0.6) is 0 Å². The standard InChI is InChI=1S/C11H15BrN2/c1-8-2-3-11(10(12)6-8)14-5-4-9(13)7-14/h2-3,6,9H,4-5,7,13H2,1H3. The first-order valence-corrected chi connectivity index (χ1v) is 5.73. The van der Waals surface area contributed by atoms with Crippen LogP contribution in [0.25, 0.3) is 0 Å². The molecule has 1 atom stereocenters. The topological polar surface area (TPSA) is 29.3 Å². The average molecular weight is 255 g/mol. The van der Waals surface area contributed by atoms with Gasteiger partial charge in [-0.15, -0.1) is 0 Å². The number of benzene rings is 1. The Morgan fingerprint density at radius 1 is 1.50 bits per heavy atom. The molecule has 0 amide bonds. The van der Waals surface area contributed by atoms with Gasteiger partial charge in [0, 0.05) is 23.6 Å². The highest BCUT2D eigenvalue weighted by Crippen LogP contribution is 2.29. The predicted molar refractivity (Wildman–Crippen MR) is 63.7 cm³/mol. The zero-order chi connectivity index (χ0) is 10.1. The third kappa shape index (κ3) is 1.93. The van der Waals surface area contributed by atoms with Crippen LogP contribution in [0, 0.1) is 6.92 Å². The molecule has 0 aromatic heterocycles. The quantitative estimate of drug-likeness (QED) is 0.834. The maximum Gasteiger partial charge on any atom is 0.0511 e. The molecule has 1 unspecified atom stereocenters. The lowest BCUT2D eigenvalue weighted by Crippen LogP contribution is -2.26. The number of hydrogen-bond acceptors (Lipinski definition) is 2. The molecule has 76 valence electrons. The molecule has 0 aliphatic carbocycles. The van der Waals surface area contributed by atoms with Crippen LogP contribution in [0.2, 0.25) is 0 Å². The molecule has 1 aromatic rings. The van der Waals surface area contributed by atoms with Crippen molar-refractivity contribution in [3.8, 4) is 0 Å². The van der Waals surface area contributed by atoms with Crippen molar-refractivity contribution >= 4 is 21.6 Å². The van der Waals surface area contributed by atoms with Crippen molar-refractivity contribution in [1.82, 2.24) is 0 Å². The van der Waals surface area contributed by atoms with E-state index in [-0.39, 0.29) is 0 Å². The number of rotatable bonds is 1. The van der Waals surface area contributed by atoms with Crippen LogP contribution in [-0.2, 0) is 0 Å². The Kier molecular flexibility index (Phi) is 2.79. The zero-order valence-electron chi connectivity index (χ0n) is 8.33. The first-order valence-electron chi connectivity index (χ1n) is 4.93. The number of hydrogen-bond donors (Lipinski definition) is 1. The molecule has 14 heavy (non-hydrogen) atoms. The molecule has 2 nitrogen and oxygen atoms in total. The lowest BCUT2D eigenvalue weighted by Gasteiger charge is -2.19. The van der Waals surface area contributed by atoms with E-state index in [2.05, 4.69) is 46.0 Å². The van der Waals surface area contributed by atoms with Crippen LogP contribution in [-0.4, -0.2) is 19.1 Å². The number of nitrogens with two attached hydrogens (primary N) is 1. The van der Waals surface area contributed by atoms with Gasteiger partial charge >= 0.3 is 0 Å². The summed E-state index contributed by atoms with van der Waals surface area (Å²) in [5.41, 5.74) is 8.43. The van der Waals surface area contributed by atoms with Crippen molar-refractivity contribution in [3.05, 3.63) is 28.2 Å². The second-order valence-corrected chi connectivity index (χ2v) is 4.80. The molecule has 0 radical (unpaired) electrons. The summed E-state index contributed by atoms with van der Waals surface area (Å²) in [7, 11) is 0. The van der Waals surface area contributed by atoms with Crippen LogP contribution < -0.4 is 10.6 Å². The van der Waals surface area contributed by atoms with E-state index >= 15 is 0 Å². The summed E-state index contributed by atoms with van der Waals surface area (Å²) in [4.78, 5) is 2.34. The van der Waals surface area contributed by atoms with Gasteiger partial charge in [-0.2, -0.15) is 0 Å². The monoisotopic (exact) mass is 254 g/mol. The Morgan fingerprint density at radius 2 is 2.29 bits per heavy atom.